The average molecular weight is 315 g/mol. The van der Waals surface area contributed by atoms with Gasteiger partial charge in [0.1, 0.15) is 0 Å². The fourth-order valence-electron chi connectivity index (χ4n) is 1.22. The Morgan fingerprint density at radius 2 is 2.13 bits per heavy atom. The summed E-state index contributed by atoms with van der Waals surface area (Å²) in [5, 5.41) is 2.90. The molecule has 0 saturated heterocycles. The van der Waals surface area contributed by atoms with Crippen molar-refractivity contribution < 1.29 is 4.79 Å². The van der Waals surface area contributed by atoms with E-state index in [1.54, 1.807) is 6.08 Å². The molecule has 0 aromatic heterocycles. The van der Waals surface area contributed by atoms with Crippen molar-refractivity contribution in [2.75, 3.05) is 0 Å². The predicted octanol–water partition coefficient (Wildman–Crippen LogP) is 2.99. The number of hydrogen-bond donors (Lipinski definition) is 1. The van der Waals surface area contributed by atoms with Crippen LogP contribution in [0.2, 0.25) is 0 Å². The Labute approximate surface area is 104 Å². The first kappa shape index (κ1) is 12.2. The van der Waals surface area contributed by atoms with Gasteiger partial charge in [0.2, 0.25) is 0 Å². The molecule has 1 unspecified atom stereocenters. The summed E-state index contributed by atoms with van der Waals surface area (Å²) in [5.74, 6) is -0.0271. The number of carbonyl (C=O) groups is 1. The first-order valence-electron chi connectivity index (χ1n) is 4.81. The zero-order valence-corrected chi connectivity index (χ0v) is 10.8. The van der Waals surface area contributed by atoms with Gasteiger partial charge in [-0.1, -0.05) is 6.08 Å². The number of rotatable bonds is 4. The van der Waals surface area contributed by atoms with Crippen LogP contribution in [0.15, 0.2) is 36.9 Å². The SMILES string of the molecule is C=CCC(C)NC(=O)c1ccc(I)cc1. The largest absolute Gasteiger partial charge is 0.349 e. The second-order valence-electron chi connectivity index (χ2n) is 3.41. The topological polar surface area (TPSA) is 29.1 Å². The first-order valence-corrected chi connectivity index (χ1v) is 5.88. The molecule has 0 aliphatic carbocycles. The molecular formula is C12H14INO. The van der Waals surface area contributed by atoms with E-state index in [1.165, 1.54) is 0 Å². The van der Waals surface area contributed by atoms with Crippen molar-refractivity contribution in [3.05, 3.63) is 46.1 Å². The Morgan fingerprint density at radius 3 is 2.67 bits per heavy atom. The summed E-state index contributed by atoms with van der Waals surface area (Å²) in [7, 11) is 0. The van der Waals surface area contributed by atoms with Crippen LogP contribution >= 0.6 is 22.6 Å². The van der Waals surface area contributed by atoms with Crippen LogP contribution in [0, 0.1) is 3.57 Å². The molecule has 80 valence electrons. The van der Waals surface area contributed by atoms with Crippen LogP contribution in [0.25, 0.3) is 0 Å². The summed E-state index contributed by atoms with van der Waals surface area (Å²) >= 11 is 2.21. The molecule has 0 bridgehead atoms. The number of benzene rings is 1. The summed E-state index contributed by atoms with van der Waals surface area (Å²) in [6, 6.07) is 7.64. The van der Waals surface area contributed by atoms with Crippen LogP contribution in [-0.4, -0.2) is 11.9 Å². The second-order valence-corrected chi connectivity index (χ2v) is 4.65. The van der Waals surface area contributed by atoms with Crippen molar-refractivity contribution in [2.24, 2.45) is 0 Å². The van der Waals surface area contributed by atoms with E-state index in [2.05, 4.69) is 34.5 Å². The van der Waals surface area contributed by atoms with Gasteiger partial charge in [-0.05, 0) is 60.2 Å². The molecule has 0 aliphatic rings. The van der Waals surface area contributed by atoms with Crippen molar-refractivity contribution in [3.8, 4) is 0 Å². The van der Waals surface area contributed by atoms with E-state index in [4.69, 9.17) is 0 Å². The zero-order chi connectivity index (χ0) is 11.3. The van der Waals surface area contributed by atoms with E-state index in [1.807, 2.05) is 31.2 Å². The highest BCUT2D eigenvalue weighted by Crippen LogP contribution is 2.07. The minimum atomic E-state index is -0.0271. The molecule has 1 rings (SSSR count). The van der Waals surface area contributed by atoms with Crippen molar-refractivity contribution in [3.63, 3.8) is 0 Å². The third-order valence-corrected chi connectivity index (χ3v) is 2.72. The van der Waals surface area contributed by atoms with Gasteiger partial charge >= 0.3 is 0 Å². The molecule has 1 aromatic carbocycles. The van der Waals surface area contributed by atoms with Crippen molar-refractivity contribution in [2.45, 2.75) is 19.4 Å². The van der Waals surface area contributed by atoms with Gasteiger partial charge in [-0.2, -0.15) is 0 Å². The summed E-state index contributed by atoms with van der Waals surface area (Å²) in [6.07, 6.45) is 2.59. The van der Waals surface area contributed by atoms with Crippen LogP contribution in [0.5, 0.6) is 0 Å². The highest BCUT2D eigenvalue weighted by molar-refractivity contribution is 14.1. The number of amides is 1. The quantitative estimate of drug-likeness (QED) is 0.672. The summed E-state index contributed by atoms with van der Waals surface area (Å²) in [5.41, 5.74) is 0.700. The maximum atomic E-state index is 11.7. The molecule has 1 N–H and O–H groups in total. The molecule has 0 fully saturated rings. The smallest absolute Gasteiger partial charge is 0.251 e. The maximum Gasteiger partial charge on any atom is 0.251 e. The van der Waals surface area contributed by atoms with Gasteiger partial charge in [0, 0.05) is 15.2 Å². The number of halogens is 1. The van der Waals surface area contributed by atoms with E-state index in [0.717, 1.165) is 9.99 Å². The third-order valence-electron chi connectivity index (χ3n) is 2.00. The monoisotopic (exact) mass is 315 g/mol. The lowest BCUT2D eigenvalue weighted by Gasteiger charge is -2.11. The molecule has 1 aromatic rings. The van der Waals surface area contributed by atoms with Gasteiger partial charge in [-0.15, -0.1) is 6.58 Å². The predicted molar refractivity (Wildman–Crippen MR) is 70.9 cm³/mol. The third kappa shape index (κ3) is 4.03. The Morgan fingerprint density at radius 1 is 1.53 bits per heavy atom. The second kappa shape index (κ2) is 5.90. The van der Waals surface area contributed by atoms with Gasteiger partial charge in [-0.3, -0.25) is 4.79 Å². The maximum absolute atomic E-state index is 11.7. The van der Waals surface area contributed by atoms with Crippen molar-refractivity contribution in [1.82, 2.24) is 5.32 Å². The molecule has 0 radical (unpaired) electrons. The van der Waals surface area contributed by atoms with Crippen LogP contribution in [0.3, 0.4) is 0 Å². The minimum Gasteiger partial charge on any atom is -0.349 e. The van der Waals surface area contributed by atoms with Crippen LogP contribution in [-0.2, 0) is 0 Å². The molecule has 2 nitrogen and oxygen atoms in total. The number of hydrogen-bond acceptors (Lipinski definition) is 1. The van der Waals surface area contributed by atoms with Gasteiger partial charge in [-0.25, -0.2) is 0 Å². The number of nitrogens with one attached hydrogen (secondary N) is 1. The fourth-order valence-corrected chi connectivity index (χ4v) is 1.58. The van der Waals surface area contributed by atoms with E-state index in [9.17, 15) is 4.79 Å². The zero-order valence-electron chi connectivity index (χ0n) is 8.66. The molecule has 15 heavy (non-hydrogen) atoms. The van der Waals surface area contributed by atoms with E-state index in [-0.39, 0.29) is 11.9 Å². The van der Waals surface area contributed by atoms with Crippen LogP contribution in [0.1, 0.15) is 23.7 Å². The Kier molecular flexibility index (Phi) is 4.81. The molecule has 1 atom stereocenters. The van der Waals surface area contributed by atoms with E-state index < -0.39 is 0 Å². The lowest BCUT2D eigenvalue weighted by Crippen LogP contribution is -2.32. The highest BCUT2D eigenvalue weighted by Gasteiger charge is 2.07. The lowest BCUT2D eigenvalue weighted by atomic mass is 10.2. The standard InChI is InChI=1S/C12H14INO/c1-3-4-9(2)14-12(15)10-5-7-11(13)8-6-10/h3,5-9H,1,4H2,2H3,(H,14,15). The lowest BCUT2D eigenvalue weighted by molar-refractivity contribution is 0.0940. The van der Waals surface area contributed by atoms with Gasteiger partial charge < -0.3 is 5.32 Å². The minimum absolute atomic E-state index is 0.0271. The summed E-state index contributed by atoms with van der Waals surface area (Å²) in [6.45, 7) is 5.60. The van der Waals surface area contributed by atoms with Gasteiger partial charge in [0.05, 0.1) is 0 Å². The molecule has 0 aliphatic heterocycles. The van der Waals surface area contributed by atoms with E-state index in [0.29, 0.717) is 5.56 Å². The molecule has 3 heteroatoms. The normalized spacial score (nSPS) is 11.9. The molecular weight excluding hydrogens is 301 g/mol. The first-order chi connectivity index (χ1) is 7.13. The summed E-state index contributed by atoms with van der Waals surface area (Å²) in [4.78, 5) is 11.7. The van der Waals surface area contributed by atoms with E-state index >= 15 is 0 Å². The van der Waals surface area contributed by atoms with Crippen LogP contribution in [0.4, 0.5) is 0 Å². The van der Waals surface area contributed by atoms with Gasteiger partial charge in [0.25, 0.3) is 5.91 Å². The molecule has 1 amide bonds. The van der Waals surface area contributed by atoms with Crippen LogP contribution < -0.4 is 5.32 Å². The number of carbonyl (C=O) groups excluding carboxylic acids is 1. The van der Waals surface area contributed by atoms with Crippen molar-refractivity contribution in [1.29, 1.82) is 0 Å². The Balaban J connectivity index is 2.61. The Bertz CT molecular complexity index is 345. The van der Waals surface area contributed by atoms with Crippen molar-refractivity contribution >= 4 is 28.5 Å². The average Bonchev–Trinajstić information content (AvgIpc) is 2.18. The fraction of sp³-hybridized carbons (Fsp3) is 0.250. The molecule has 0 saturated carbocycles. The highest BCUT2D eigenvalue weighted by atomic mass is 127. The van der Waals surface area contributed by atoms with Gasteiger partial charge in [0.15, 0.2) is 0 Å². The molecule has 0 heterocycles. The summed E-state index contributed by atoms with van der Waals surface area (Å²) < 4.78 is 1.13. The molecule has 0 spiro atoms. The Hall–Kier alpha value is -0.840.